The van der Waals surface area contributed by atoms with Gasteiger partial charge in [-0.3, -0.25) is 14.5 Å². The molecule has 1 aromatic carbocycles. The van der Waals surface area contributed by atoms with Gasteiger partial charge < -0.3 is 9.72 Å². The monoisotopic (exact) mass is 342 g/mol. The Bertz CT molecular complexity index is 760. The summed E-state index contributed by atoms with van der Waals surface area (Å²) in [5, 5.41) is 0. The lowest BCUT2D eigenvalue weighted by Gasteiger charge is -2.16. The molecule has 2 aromatic rings. The number of aromatic nitrogens is 1. The van der Waals surface area contributed by atoms with E-state index in [1.165, 1.54) is 6.92 Å². The van der Waals surface area contributed by atoms with E-state index < -0.39 is 0 Å². The van der Waals surface area contributed by atoms with Gasteiger partial charge in [0.1, 0.15) is 5.75 Å². The normalized spacial score (nSPS) is 11.0. The molecule has 2 rings (SSSR count). The van der Waals surface area contributed by atoms with Gasteiger partial charge in [-0.15, -0.1) is 0 Å². The Morgan fingerprint density at radius 3 is 2.32 bits per heavy atom. The van der Waals surface area contributed by atoms with Gasteiger partial charge in [-0.05, 0) is 58.0 Å². The maximum atomic E-state index is 12.6. The zero-order valence-corrected chi connectivity index (χ0v) is 15.6. The van der Waals surface area contributed by atoms with Gasteiger partial charge in [-0.1, -0.05) is 12.1 Å². The van der Waals surface area contributed by atoms with E-state index in [1.807, 2.05) is 57.0 Å². The lowest BCUT2D eigenvalue weighted by atomic mass is 10.1. The summed E-state index contributed by atoms with van der Waals surface area (Å²) in [4.78, 5) is 29.3. The number of benzene rings is 1. The minimum atomic E-state index is -0.0203. The summed E-state index contributed by atoms with van der Waals surface area (Å²) < 4.78 is 5.43. The van der Waals surface area contributed by atoms with Crippen LogP contribution in [-0.4, -0.2) is 41.6 Å². The zero-order chi connectivity index (χ0) is 18.6. The Labute approximate surface area is 149 Å². The molecule has 5 nitrogen and oxygen atoms in total. The number of aryl methyl sites for hydroxylation is 1. The molecule has 0 saturated carbocycles. The number of rotatable bonds is 8. The van der Waals surface area contributed by atoms with Gasteiger partial charge in [0.25, 0.3) is 0 Å². The summed E-state index contributed by atoms with van der Waals surface area (Å²) >= 11 is 0. The third-order valence-corrected chi connectivity index (χ3v) is 4.17. The van der Waals surface area contributed by atoms with Crippen molar-refractivity contribution in [1.29, 1.82) is 0 Å². The minimum Gasteiger partial charge on any atom is -0.494 e. The number of hydrogen-bond donors (Lipinski definition) is 1. The molecule has 0 radical (unpaired) electrons. The van der Waals surface area contributed by atoms with Crippen LogP contribution >= 0.6 is 0 Å². The van der Waals surface area contributed by atoms with Gasteiger partial charge in [-0.25, -0.2) is 0 Å². The van der Waals surface area contributed by atoms with Crippen LogP contribution in [0.4, 0.5) is 0 Å². The van der Waals surface area contributed by atoms with E-state index in [9.17, 15) is 9.59 Å². The highest BCUT2D eigenvalue weighted by atomic mass is 16.5. The molecule has 0 spiro atoms. The van der Waals surface area contributed by atoms with E-state index in [4.69, 9.17) is 4.74 Å². The zero-order valence-electron chi connectivity index (χ0n) is 15.6. The van der Waals surface area contributed by atoms with E-state index in [-0.39, 0.29) is 18.1 Å². The second kappa shape index (κ2) is 8.12. The Kier molecular flexibility index (Phi) is 6.15. The highest BCUT2D eigenvalue weighted by Gasteiger charge is 2.20. The minimum absolute atomic E-state index is 0.0125. The predicted octanol–water partition coefficient (Wildman–Crippen LogP) is 3.55. The maximum absolute atomic E-state index is 12.6. The van der Waals surface area contributed by atoms with Crippen molar-refractivity contribution in [2.24, 2.45) is 0 Å². The molecule has 5 heteroatoms. The van der Waals surface area contributed by atoms with Crippen LogP contribution in [0.15, 0.2) is 24.3 Å². The Hall–Kier alpha value is -2.40. The molecule has 1 N–H and O–H groups in total. The van der Waals surface area contributed by atoms with Crippen LogP contribution in [0.25, 0.3) is 0 Å². The van der Waals surface area contributed by atoms with Crippen molar-refractivity contribution in [1.82, 2.24) is 9.88 Å². The molecule has 0 bridgehead atoms. The quantitative estimate of drug-likeness (QED) is 0.745. The van der Waals surface area contributed by atoms with Crippen LogP contribution in [0, 0.1) is 13.8 Å². The number of ether oxygens (including phenoxy) is 1. The average Bonchev–Trinajstić information content (AvgIpc) is 2.84. The SMILES string of the molecule is CCOc1ccc(CN(C)CC(=O)c2[nH]c(C)c(C(C)=O)c2C)cc1. The van der Waals surface area contributed by atoms with E-state index in [0.717, 1.165) is 22.6 Å². The van der Waals surface area contributed by atoms with Crippen molar-refractivity contribution in [3.05, 3.63) is 52.3 Å². The van der Waals surface area contributed by atoms with E-state index in [1.54, 1.807) is 0 Å². The lowest BCUT2D eigenvalue weighted by Crippen LogP contribution is -2.26. The number of H-pyrrole nitrogens is 1. The topological polar surface area (TPSA) is 62.4 Å². The Morgan fingerprint density at radius 2 is 1.80 bits per heavy atom. The summed E-state index contributed by atoms with van der Waals surface area (Å²) in [5.74, 6) is 0.814. The van der Waals surface area contributed by atoms with Gasteiger partial charge in [-0.2, -0.15) is 0 Å². The molecule has 0 amide bonds. The lowest BCUT2D eigenvalue weighted by molar-refractivity contribution is 0.0937. The first-order valence-electron chi connectivity index (χ1n) is 8.47. The van der Waals surface area contributed by atoms with E-state index in [2.05, 4.69) is 4.98 Å². The van der Waals surface area contributed by atoms with Crippen molar-refractivity contribution in [3.8, 4) is 5.75 Å². The van der Waals surface area contributed by atoms with Crippen LogP contribution in [0.3, 0.4) is 0 Å². The summed E-state index contributed by atoms with van der Waals surface area (Å²) in [5.41, 5.74) is 3.76. The number of ketones is 2. The molecule has 134 valence electrons. The molecular weight excluding hydrogens is 316 g/mol. The number of carbonyl (C=O) groups excluding carboxylic acids is 2. The number of nitrogens with one attached hydrogen (secondary N) is 1. The third kappa shape index (κ3) is 4.57. The van der Waals surface area contributed by atoms with E-state index >= 15 is 0 Å². The fourth-order valence-electron chi connectivity index (χ4n) is 3.11. The molecule has 25 heavy (non-hydrogen) atoms. The van der Waals surface area contributed by atoms with Crippen molar-refractivity contribution >= 4 is 11.6 Å². The van der Waals surface area contributed by atoms with Crippen molar-refractivity contribution in [2.45, 2.75) is 34.2 Å². The smallest absolute Gasteiger partial charge is 0.193 e. The van der Waals surface area contributed by atoms with Crippen LogP contribution in [0.1, 0.15) is 51.5 Å². The molecule has 0 atom stereocenters. The van der Waals surface area contributed by atoms with Gasteiger partial charge >= 0.3 is 0 Å². The summed E-state index contributed by atoms with van der Waals surface area (Å²) in [7, 11) is 1.91. The van der Waals surface area contributed by atoms with Crippen molar-refractivity contribution < 1.29 is 14.3 Å². The van der Waals surface area contributed by atoms with Gasteiger partial charge in [0.2, 0.25) is 0 Å². The second-order valence-electron chi connectivity index (χ2n) is 6.35. The molecular formula is C20H26N2O3. The third-order valence-electron chi connectivity index (χ3n) is 4.17. The second-order valence-corrected chi connectivity index (χ2v) is 6.35. The number of likely N-dealkylation sites (N-methyl/N-ethyl adjacent to an activating group) is 1. The molecule has 1 aromatic heterocycles. The Morgan fingerprint density at radius 1 is 1.16 bits per heavy atom. The van der Waals surface area contributed by atoms with Crippen molar-refractivity contribution in [3.63, 3.8) is 0 Å². The number of aromatic amines is 1. The average molecular weight is 342 g/mol. The molecule has 0 fully saturated rings. The van der Waals surface area contributed by atoms with Crippen LogP contribution in [-0.2, 0) is 6.54 Å². The largest absolute Gasteiger partial charge is 0.494 e. The first-order chi connectivity index (χ1) is 11.8. The van der Waals surface area contributed by atoms with E-state index in [0.29, 0.717) is 24.4 Å². The molecule has 1 heterocycles. The fraction of sp³-hybridized carbons (Fsp3) is 0.400. The van der Waals surface area contributed by atoms with Gasteiger partial charge in [0.05, 0.1) is 18.8 Å². The first kappa shape index (κ1) is 18.9. The van der Waals surface area contributed by atoms with Gasteiger partial charge in [0, 0.05) is 17.8 Å². The summed E-state index contributed by atoms with van der Waals surface area (Å²) in [6, 6.07) is 7.88. The number of carbonyl (C=O) groups is 2. The summed E-state index contributed by atoms with van der Waals surface area (Å²) in [6.07, 6.45) is 0. The number of nitrogens with zero attached hydrogens (tertiary/aromatic N) is 1. The van der Waals surface area contributed by atoms with Crippen LogP contribution < -0.4 is 4.74 Å². The highest BCUT2D eigenvalue weighted by Crippen LogP contribution is 2.19. The molecule has 0 saturated heterocycles. The van der Waals surface area contributed by atoms with Gasteiger partial charge in [0.15, 0.2) is 11.6 Å². The highest BCUT2D eigenvalue weighted by molar-refractivity contribution is 6.03. The first-order valence-corrected chi connectivity index (χ1v) is 8.47. The molecule has 0 aliphatic heterocycles. The summed E-state index contributed by atoms with van der Waals surface area (Å²) in [6.45, 7) is 8.71. The molecule has 0 aliphatic rings. The maximum Gasteiger partial charge on any atom is 0.193 e. The Balaban J connectivity index is 2.03. The van der Waals surface area contributed by atoms with Crippen LogP contribution in [0.5, 0.6) is 5.75 Å². The number of Topliss-reactive ketones (excluding diaryl/α,β-unsaturated/α-hetero) is 2. The molecule has 0 aliphatic carbocycles. The predicted molar refractivity (Wildman–Crippen MR) is 98.5 cm³/mol. The fourth-order valence-corrected chi connectivity index (χ4v) is 3.11. The molecule has 0 unspecified atom stereocenters. The standard InChI is InChI=1S/C20H26N2O3/c1-6-25-17-9-7-16(8-10-17)11-22(5)12-18(24)20-13(2)19(15(4)23)14(3)21-20/h7-10,21H,6,11-12H2,1-5H3. The van der Waals surface area contributed by atoms with Crippen molar-refractivity contribution in [2.75, 3.05) is 20.2 Å². The van der Waals surface area contributed by atoms with Crippen LogP contribution in [0.2, 0.25) is 0 Å². The number of hydrogen-bond acceptors (Lipinski definition) is 4.